The van der Waals surface area contributed by atoms with Gasteiger partial charge in [-0.1, -0.05) is 36.4 Å². The number of hydrogen-bond donors (Lipinski definition) is 2. The molecule has 8 nitrogen and oxygen atoms in total. The van der Waals surface area contributed by atoms with Crippen molar-refractivity contribution in [1.29, 1.82) is 0 Å². The SMILES string of the molecule is O=C(CN1CN(c2ccccc2)C2(CCN(C(=O)NC34CC5CC(CC(C5)C3)C4)CC2)C1=O)Nc1ccccc1. The molecule has 6 fully saturated rings. The van der Waals surface area contributed by atoms with Gasteiger partial charge in [-0.05, 0) is 93.4 Å². The molecule has 210 valence electrons. The summed E-state index contributed by atoms with van der Waals surface area (Å²) in [6.07, 6.45) is 8.52. The van der Waals surface area contributed by atoms with Crippen molar-refractivity contribution in [1.82, 2.24) is 15.1 Å². The normalized spacial score (nSPS) is 30.1. The summed E-state index contributed by atoms with van der Waals surface area (Å²) >= 11 is 0. The first-order valence-electron chi connectivity index (χ1n) is 15.0. The average molecular weight is 542 g/mol. The highest BCUT2D eigenvalue weighted by Crippen LogP contribution is 2.55. The molecule has 2 aromatic rings. The van der Waals surface area contributed by atoms with Crippen molar-refractivity contribution in [3.63, 3.8) is 0 Å². The molecule has 0 atom stereocenters. The predicted molar refractivity (Wildman–Crippen MR) is 154 cm³/mol. The topological polar surface area (TPSA) is 85.0 Å². The van der Waals surface area contributed by atoms with Gasteiger partial charge in [-0.25, -0.2) is 4.79 Å². The van der Waals surface area contributed by atoms with Crippen LogP contribution in [0.4, 0.5) is 16.2 Å². The quantitative estimate of drug-likeness (QED) is 0.586. The molecule has 0 aromatic heterocycles. The Morgan fingerprint density at radius 2 is 1.40 bits per heavy atom. The van der Waals surface area contributed by atoms with Crippen molar-refractivity contribution in [2.24, 2.45) is 17.8 Å². The van der Waals surface area contributed by atoms with Crippen molar-refractivity contribution in [2.75, 3.05) is 36.5 Å². The fourth-order valence-corrected chi connectivity index (χ4v) is 8.87. The molecule has 4 amide bonds. The lowest BCUT2D eigenvalue weighted by Crippen LogP contribution is -2.64. The molecule has 2 aromatic carbocycles. The van der Waals surface area contributed by atoms with E-state index in [-0.39, 0.29) is 29.9 Å². The number of benzene rings is 2. The fraction of sp³-hybridized carbons (Fsp3) is 0.531. The highest BCUT2D eigenvalue weighted by molar-refractivity contribution is 5.99. The predicted octanol–water partition coefficient (Wildman–Crippen LogP) is 4.44. The first kappa shape index (κ1) is 25.4. The molecule has 2 N–H and O–H groups in total. The maximum absolute atomic E-state index is 14.0. The summed E-state index contributed by atoms with van der Waals surface area (Å²) in [5, 5.41) is 6.42. The number of anilines is 2. The number of piperidine rings is 1. The summed E-state index contributed by atoms with van der Waals surface area (Å²) < 4.78 is 0. The Bertz CT molecular complexity index is 1240. The van der Waals surface area contributed by atoms with Crippen LogP contribution in [0.25, 0.3) is 0 Å². The highest BCUT2D eigenvalue weighted by Gasteiger charge is 2.55. The third-order valence-electron chi connectivity index (χ3n) is 10.3. The minimum Gasteiger partial charge on any atom is -0.339 e. The Hall–Kier alpha value is -3.55. The van der Waals surface area contributed by atoms with Gasteiger partial charge >= 0.3 is 6.03 Å². The van der Waals surface area contributed by atoms with Gasteiger partial charge in [0.25, 0.3) is 5.91 Å². The minimum absolute atomic E-state index is 0.00493. The van der Waals surface area contributed by atoms with Crippen molar-refractivity contribution in [2.45, 2.75) is 62.4 Å². The van der Waals surface area contributed by atoms with Gasteiger partial charge in [0, 0.05) is 30.0 Å². The molecule has 4 bridgehead atoms. The van der Waals surface area contributed by atoms with Gasteiger partial charge in [-0.3, -0.25) is 9.59 Å². The fourth-order valence-electron chi connectivity index (χ4n) is 8.87. The van der Waals surface area contributed by atoms with E-state index in [1.54, 1.807) is 4.90 Å². The summed E-state index contributed by atoms with van der Waals surface area (Å²) in [5.41, 5.74) is 0.898. The average Bonchev–Trinajstić information content (AvgIpc) is 3.19. The zero-order valence-electron chi connectivity index (χ0n) is 23.1. The van der Waals surface area contributed by atoms with Crippen LogP contribution >= 0.6 is 0 Å². The van der Waals surface area contributed by atoms with Crippen LogP contribution in [0.1, 0.15) is 51.4 Å². The summed E-state index contributed by atoms with van der Waals surface area (Å²) in [6, 6.07) is 19.3. The van der Waals surface area contributed by atoms with E-state index in [2.05, 4.69) is 15.5 Å². The summed E-state index contributed by atoms with van der Waals surface area (Å²) in [5.74, 6) is 2.09. The van der Waals surface area contributed by atoms with Crippen LogP contribution in [0.2, 0.25) is 0 Å². The molecule has 4 saturated carbocycles. The molecular weight excluding hydrogens is 502 g/mol. The van der Waals surface area contributed by atoms with E-state index in [1.165, 1.54) is 19.3 Å². The van der Waals surface area contributed by atoms with Gasteiger partial charge in [-0.15, -0.1) is 0 Å². The number of urea groups is 1. The number of para-hydroxylation sites is 2. The van der Waals surface area contributed by atoms with Gasteiger partial charge < -0.3 is 25.3 Å². The number of nitrogens with one attached hydrogen (secondary N) is 2. The maximum atomic E-state index is 14.0. The highest BCUT2D eigenvalue weighted by atomic mass is 16.2. The number of nitrogens with zero attached hydrogens (tertiary/aromatic N) is 3. The maximum Gasteiger partial charge on any atom is 0.317 e. The van der Waals surface area contributed by atoms with E-state index in [0.29, 0.717) is 38.3 Å². The van der Waals surface area contributed by atoms with Crippen LogP contribution in [-0.2, 0) is 9.59 Å². The molecule has 4 aliphatic carbocycles. The zero-order chi connectivity index (χ0) is 27.3. The monoisotopic (exact) mass is 541 g/mol. The summed E-state index contributed by atoms with van der Waals surface area (Å²) in [6.45, 7) is 1.40. The summed E-state index contributed by atoms with van der Waals surface area (Å²) in [4.78, 5) is 46.2. The van der Waals surface area contributed by atoms with E-state index in [9.17, 15) is 14.4 Å². The Balaban J connectivity index is 1.05. The largest absolute Gasteiger partial charge is 0.339 e. The first-order valence-corrected chi connectivity index (χ1v) is 15.0. The Labute approximate surface area is 236 Å². The van der Waals surface area contributed by atoms with E-state index >= 15 is 0 Å². The molecule has 40 heavy (non-hydrogen) atoms. The van der Waals surface area contributed by atoms with Crippen molar-refractivity contribution in [3.8, 4) is 0 Å². The standard InChI is InChI=1S/C32H39N5O3/c38-28(33-26-7-3-1-4-8-26)21-36-22-37(27-9-5-2-6-10-27)32(29(36)39)11-13-35(14-12-32)30(40)34-31-18-23-15-24(19-31)17-25(16-23)20-31/h1-10,23-25H,11-22H2,(H,33,38)(H,34,40). The van der Waals surface area contributed by atoms with Gasteiger partial charge in [0.05, 0.1) is 6.67 Å². The molecular formula is C32H39N5O3. The number of hydrogen-bond acceptors (Lipinski definition) is 4. The molecule has 0 unspecified atom stereocenters. The van der Waals surface area contributed by atoms with Crippen LogP contribution in [0.15, 0.2) is 60.7 Å². The molecule has 2 heterocycles. The Morgan fingerprint density at radius 3 is 2.00 bits per heavy atom. The second-order valence-corrected chi connectivity index (χ2v) is 13.0. The molecule has 1 spiro atoms. The lowest BCUT2D eigenvalue weighted by molar-refractivity contribution is -0.136. The Morgan fingerprint density at radius 1 is 0.825 bits per heavy atom. The van der Waals surface area contributed by atoms with Gasteiger partial charge in [-0.2, -0.15) is 0 Å². The number of rotatable bonds is 5. The number of carbonyl (C=O) groups excluding carboxylic acids is 3. The second kappa shape index (κ2) is 9.82. The van der Waals surface area contributed by atoms with Gasteiger partial charge in [0.15, 0.2) is 0 Å². The molecule has 8 rings (SSSR count). The second-order valence-electron chi connectivity index (χ2n) is 13.0. The van der Waals surface area contributed by atoms with Crippen LogP contribution in [0.5, 0.6) is 0 Å². The van der Waals surface area contributed by atoms with Gasteiger partial charge in [0.2, 0.25) is 5.91 Å². The van der Waals surface area contributed by atoms with Crippen molar-refractivity contribution < 1.29 is 14.4 Å². The lowest BCUT2D eigenvalue weighted by Gasteiger charge is -2.57. The number of amides is 4. The van der Waals surface area contributed by atoms with E-state index in [0.717, 1.165) is 42.7 Å². The third kappa shape index (κ3) is 4.51. The summed E-state index contributed by atoms with van der Waals surface area (Å²) in [7, 11) is 0. The van der Waals surface area contributed by atoms with Gasteiger partial charge in [0.1, 0.15) is 12.1 Å². The van der Waals surface area contributed by atoms with E-state index in [4.69, 9.17) is 0 Å². The molecule has 2 saturated heterocycles. The zero-order valence-corrected chi connectivity index (χ0v) is 23.1. The van der Waals surface area contributed by atoms with Crippen molar-refractivity contribution >= 4 is 29.2 Å². The first-order chi connectivity index (χ1) is 19.4. The van der Waals surface area contributed by atoms with Crippen LogP contribution < -0.4 is 15.5 Å². The van der Waals surface area contributed by atoms with E-state index in [1.807, 2.05) is 65.6 Å². The van der Waals surface area contributed by atoms with E-state index < -0.39 is 5.54 Å². The number of likely N-dealkylation sites (tertiary alicyclic amines) is 1. The number of carbonyl (C=O) groups is 3. The molecule has 6 aliphatic rings. The molecule has 8 heteroatoms. The Kier molecular flexibility index (Phi) is 6.24. The molecule has 2 aliphatic heterocycles. The lowest BCUT2D eigenvalue weighted by atomic mass is 9.53. The van der Waals surface area contributed by atoms with Crippen LogP contribution in [0.3, 0.4) is 0 Å². The smallest absolute Gasteiger partial charge is 0.317 e. The molecule has 0 radical (unpaired) electrons. The van der Waals surface area contributed by atoms with Crippen LogP contribution in [0, 0.1) is 17.8 Å². The van der Waals surface area contributed by atoms with Crippen LogP contribution in [-0.4, -0.2) is 65.0 Å². The van der Waals surface area contributed by atoms with Crippen molar-refractivity contribution in [3.05, 3.63) is 60.7 Å². The third-order valence-corrected chi connectivity index (χ3v) is 10.3. The minimum atomic E-state index is -0.758.